The number of nitrogens with one attached hydrogen (secondary N) is 1. The Balaban J connectivity index is 2.56. The number of aliphatic hydroxyl groups excluding tert-OH is 2. The van der Waals surface area contributed by atoms with Gasteiger partial charge in [-0.05, 0) is 38.5 Å². The number of hydrogen-bond acceptors (Lipinski definition) is 5. The van der Waals surface area contributed by atoms with Gasteiger partial charge in [0.1, 0.15) is 12.7 Å². The van der Waals surface area contributed by atoms with Crippen LogP contribution in [-0.2, 0) is 0 Å². The molecule has 22 heavy (non-hydrogen) atoms. The maximum absolute atomic E-state index is 9.95. The molecule has 0 radical (unpaired) electrons. The second-order valence-electron chi connectivity index (χ2n) is 5.80. The Bertz CT molecular complexity index is 486. The van der Waals surface area contributed by atoms with Crippen molar-refractivity contribution in [3.8, 4) is 11.5 Å². The lowest BCUT2D eigenvalue weighted by Crippen LogP contribution is -2.47. The molecule has 5 heteroatoms. The van der Waals surface area contributed by atoms with Crippen molar-refractivity contribution in [2.75, 3.05) is 26.9 Å². The summed E-state index contributed by atoms with van der Waals surface area (Å²) in [4.78, 5) is 0. The summed E-state index contributed by atoms with van der Waals surface area (Å²) in [6.07, 6.45) is 3.25. The van der Waals surface area contributed by atoms with Crippen molar-refractivity contribution in [2.45, 2.75) is 32.4 Å². The summed E-state index contributed by atoms with van der Waals surface area (Å²) in [6, 6.07) is 5.64. The van der Waals surface area contributed by atoms with Crippen LogP contribution in [0, 0.1) is 0 Å². The van der Waals surface area contributed by atoms with Gasteiger partial charge in [-0.2, -0.15) is 0 Å². The van der Waals surface area contributed by atoms with Crippen LogP contribution in [0.2, 0.25) is 0 Å². The second-order valence-corrected chi connectivity index (χ2v) is 5.80. The Morgan fingerprint density at radius 3 is 2.64 bits per heavy atom. The molecule has 3 N–H and O–H groups in total. The summed E-state index contributed by atoms with van der Waals surface area (Å²) in [5, 5.41) is 22.2. The van der Waals surface area contributed by atoms with E-state index in [0.717, 1.165) is 5.56 Å². The zero-order valence-corrected chi connectivity index (χ0v) is 13.8. The van der Waals surface area contributed by atoms with Gasteiger partial charge < -0.3 is 25.0 Å². The van der Waals surface area contributed by atoms with Gasteiger partial charge in [-0.1, -0.05) is 18.2 Å². The summed E-state index contributed by atoms with van der Waals surface area (Å²) in [6.45, 7) is 6.17. The molecule has 0 saturated carbocycles. The van der Waals surface area contributed by atoms with E-state index in [9.17, 15) is 5.11 Å². The lowest BCUT2D eigenvalue weighted by Gasteiger charge is -2.25. The third-order valence-corrected chi connectivity index (χ3v) is 3.19. The van der Waals surface area contributed by atoms with Crippen LogP contribution in [0.15, 0.2) is 24.3 Å². The first-order valence-electron chi connectivity index (χ1n) is 7.39. The summed E-state index contributed by atoms with van der Waals surface area (Å²) < 4.78 is 10.9. The molecule has 0 fully saturated rings. The molecule has 5 nitrogen and oxygen atoms in total. The third-order valence-electron chi connectivity index (χ3n) is 3.19. The van der Waals surface area contributed by atoms with E-state index < -0.39 is 11.6 Å². The molecule has 0 heterocycles. The molecule has 0 aromatic heterocycles. The van der Waals surface area contributed by atoms with E-state index in [-0.39, 0.29) is 13.2 Å². The standard InChI is InChI=1S/C17H27NO4/c1-5-6-13-7-8-15(16(9-13)21-4)22-11-14(20)10-18-17(2,3)12-19/h5-9,14,18-20H,10-12H2,1-4H3. The number of hydrogen-bond donors (Lipinski definition) is 3. The van der Waals surface area contributed by atoms with Crippen LogP contribution in [-0.4, -0.2) is 48.7 Å². The molecule has 0 aliphatic rings. The quantitative estimate of drug-likeness (QED) is 0.649. The van der Waals surface area contributed by atoms with Crippen molar-refractivity contribution in [3.63, 3.8) is 0 Å². The first-order valence-corrected chi connectivity index (χ1v) is 7.39. The highest BCUT2D eigenvalue weighted by atomic mass is 16.5. The molecule has 0 amide bonds. The van der Waals surface area contributed by atoms with Crippen molar-refractivity contribution >= 4 is 6.08 Å². The molecular weight excluding hydrogens is 282 g/mol. The van der Waals surface area contributed by atoms with Gasteiger partial charge in [0.15, 0.2) is 11.5 Å². The fourth-order valence-electron chi connectivity index (χ4n) is 1.79. The number of benzene rings is 1. The molecule has 1 unspecified atom stereocenters. The van der Waals surface area contributed by atoms with Crippen LogP contribution in [0.25, 0.3) is 6.08 Å². The highest BCUT2D eigenvalue weighted by Crippen LogP contribution is 2.28. The normalized spacial score (nSPS) is 13.4. The van der Waals surface area contributed by atoms with Gasteiger partial charge in [-0.25, -0.2) is 0 Å². The average Bonchev–Trinajstić information content (AvgIpc) is 2.52. The highest BCUT2D eigenvalue weighted by molar-refractivity contribution is 5.55. The summed E-state index contributed by atoms with van der Waals surface area (Å²) in [5.41, 5.74) is 0.603. The van der Waals surface area contributed by atoms with E-state index in [1.807, 2.05) is 51.1 Å². The van der Waals surface area contributed by atoms with E-state index in [2.05, 4.69) is 5.32 Å². The monoisotopic (exact) mass is 309 g/mol. The van der Waals surface area contributed by atoms with E-state index in [1.54, 1.807) is 7.11 Å². The van der Waals surface area contributed by atoms with Crippen molar-refractivity contribution in [2.24, 2.45) is 0 Å². The van der Waals surface area contributed by atoms with Crippen LogP contribution in [0.3, 0.4) is 0 Å². The van der Waals surface area contributed by atoms with Gasteiger partial charge >= 0.3 is 0 Å². The van der Waals surface area contributed by atoms with Crippen LogP contribution < -0.4 is 14.8 Å². The van der Waals surface area contributed by atoms with Crippen LogP contribution in [0.1, 0.15) is 26.3 Å². The Kier molecular flexibility index (Phi) is 7.38. The zero-order valence-electron chi connectivity index (χ0n) is 13.8. The van der Waals surface area contributed by atoms with E-state index in [0.29, 0.717) is 18.0 Å². The van der Waals surface area contributed by atoms with Crippen LogP contribution >= 0.6 is 0 Å². The third kappa shape index (κ3) is 6.05. The average molecular weight is 309 g/mol. The van der Waals surface area contributed by atoms with Gasteiger partial charge in [0, 0.05) is 12.1 Å². The minimum atomic E-state index is -0.675. The predicted molar refractivity (Wildman–Crippen MR) is 88.4 cm³/mol. The molecule has 1 rings (SSSR count). The van der Waals surface area contributed by atoms with Crippen molar-refractivity contribution in [3.05, 3.63) is 29.8 Å². The molecule has 124 valence electrons. The zero-order chi connectivity index (χ0) is 16.6. The van der Waals surface area contributed by atoms with Crippen LogP contribution in [0.4, 0.5) is 0 Å². The fraction of sp³-hybridized carbons (Fsp3) is 0.529. The van der Waals surface area contributed by atoms with Crippen molar-refractivity contribution < 1.29 is 19.7 Å². The van der Waals surface area contributed by atoms with Gasteiger partial charge in [-0.3, -0.25) is 0 Å². The summed E-state index contributed by atoms with van der Waals surface area (Å²) >= 11 is 0. The molecule has 0 spiro atoms. The Hall–Kier alpha value is -1.56. The second kappa shape index (κ2) is 8.78. The number of methoxy groups -OCH3 is 1. The minimum absolute atomic E-state index is 0.000802. The Morgan fingerprint density at radius 1 is 1.32 bits per heavy atom. The number of rotatable bonds is 9. The number of ether oxygens (including phenoxy) is 2. The molecule has 1 aromatic carbocycles. The maximum atomic E-state index is 9.95. The van der Waals surface area contributed by atoms with E-state index in [1.165, 1.54) is 0 Å². The minimum Gasteiger partial charge on any atom is -0.493 e. The van der Waals surface area contributed by atoms with Crippen molar-refractivity contribution in [1.29, 1.82) is 0 Å². The van der Waals surface area contributed by atoms with Crippen LogP contribution in [0.5, 0.6) is 11.5 Å². The molecule has 1 aromatic rings. The first-order chi connectivity index (χ1) is 10.4. The Morgan fingerprint density at radius 2 is 2.05 bits per heavy atom. The predicted octanol–water partition coefficient (Wildman–Crippen LogP) is 1.83. The molecule has 0 aliphatic carbocycles. The first kappa shape index (κ1) is 18.5. The number of allylic oxidation sites excluding steroid dienone is 1. The molecular formula is C17H27NO4. The lowest BCUT2D eigenvalue weighted by atomic mass is 10.1. The number of aliphatic hydroxyl groups is 2. The van der Waals surface area contributed by atoms with Crippen molar-refractivity contribution in [1.82, 2.24) is 5.32 Å². The van der Waals surface area contributed by atoms with E-state index >= 15 is 0 Å². The summed E-state index contributed by atoms with van der Waals surface area (Å²) in [5.74, 6) is 1.22. The highest BCUT2D eigenvalue weighted by Gasteiger charge is 2.17. The van der Waals surface area contributed by atoms with E-state index in [4.69, 9.17) is 14.6 Å². The van der Waals surface area contributed by atoms with Gasteiger partial charge in [0.25, 0.3) is 0 Å². The SMILES string of the molecule is CC=Cc1ccc(OCC(O)CNC(C)(C)CO)c(OC)c1. The molecule has 1 atom stereocenters. The molecule has 0 bridgehead atoms. The van der Waals surface area contributed by atoms with Gasteiger partial charge in [0.2, 0.25) is 0 Å². The lowest BCUT2D eigenvalue weighted by molar-refractivity contribution is 0.0894. The smallest absolute Gasteiger partial charge is 0.161 e. The van der Waals surface area contributed by atoms with Gasteiger partial charge in [-0.15, -0.1) is 0 Å². The fourth-order valence-corrected chi connectivity index (χ4v) is 1.79. The van der Waals surface area contributed by atoms with Gasteiger partial charge in [0.05, 0.1) is 13.7 Å². The maximum Gasteiger partial charge on any atom is 0.161 e. The Labute approximate surface area is 132 Å². The largest absolute Gasteiger partial charge is 0.493 e. The molecule has 0 aliphatic heterocycles. The summed E-state index contributed by atoms with van der Waals surface area (Å²) in [7, 11) is 1.59. The number of β-amino-alcohol motifs (C(OH)–C–C–N with tert-alkyl or cyclic N) is 1. The topological polar surface area (TPSA) is 71.0 Å². The molecule has 0 saturated heterocycles.